The van der Waals surface area contributed by atoms with E-state index in [4.69, 9.17) is 4.74 Å². The number of nitrogens with one attached hydrogen (secondary N) is 2. The van der Waals surface area contributed by atoms with E-state index in [-0.39, 0.29) is 0 Å². The number of rotatable bonds is 5. The van der Waals surface area contributed by atoms with Crippen LogP contribution in [0.3, 0.4) is 0 Å². The zero-order valence-electron chi connectivity index (χ0n) is 15.5. The molecule has 0 unspecified atom stereocenters. The van der Waals surface area contributed by atoms with E-state index in [1.54, 1.807) is 13.3 Å². The first-order chi connectivity index (χ1) is 13.2. The fourth-order valence-corrected chi connectivity index (χ4v) is 3.01. The Labute approximate surface area is 158 Å². The number of benzene rings is 1. The molecule has 4 rings (SSSR count). The first-order valence-corrected chi connectivity index (χ1v) is 8.95. The van der Waals surface area contributed by atoms with Crippen LogP contribution in [0.4, 0.5) is 17.6 Å². The van der Waals surface area contributed by atoms with Crippen molar-refractivity contribution in [3.05, 3.63) is 42.6 Å². The van der Waals surface area contributed by atoms with Crippen LogP contribution in [0.2, 0.25) is 0 Å². The molecule has 0 spiro atoms. The molecule has 2 N–H and O–H groups in total. The first-order valence-electron chi connectivity index (χ1n) is 8.95. The van der Waals surface area contributed by atoms with Gasteiger partial charge in [0, 0.05) is 38.4 Å². The van der Waals surface area contributed by atoms with Crippen molar-refractivity contribution in [3.8, 4) is 17.0 Å². The summed E-state index contributed by atoms with van der Waals surface area (Å²) in [6, 6.07) is 11.6. The van der Waals surface area contributed by atoms with Crippen LogP contribution in [0.15, 0.2) is 42.6 Å². The molecule has 3 heterocycles. The second kappa shape index (κ2) is 7.63. The van der Waals surface area contributed by atoms with Crippen LogP contribution < -0.4 is 15.0 Å². The molecular formula is C19H23N7O. The predicted molar refractivity (Wildman–Crippen MR) is 106 cm³/mol. The number of methoxy groups -OCH3 is 1. The summed E-state index contributed by atoms with van der Waals surface area (Å²) in [5.74, 6) is 3.02. The molecule has 1 aliphatic rings. The van der Waals surface area contributed by atoms with E-state index in [0.717, 1.165) is 55.0 Å². The van der Waals surface area contributed by atoms with Gasteiger partial charge in [0.25, 0.3) is 0 Å². The van der Waals surface area contributed by atoms with Gasteiger partial charge in [-0.1, -0.05) is 0 Å². The lowest BCUT2D eigenvalue weighted by molar-refractivity contribution is 0.311. The maximum Gasteiger partial charge on any atom is 0.227 e. The monoisotopic (exact) mass is 365 g/mol. The summed E-state index contributed by atoms with van der Waals surface area (Å²) in [6.07, 6.45) is 1.78. The lowest BCUT2D eigenvalue weighted by atomic mass is 10.1. The highest BCUT2D eigenvalue weighted by atomic mass is 16.5. The number of aromatic nitrogens is 4. The minimum atomic E-state index is 0.712. The van der Waals surface area contributed by atoms with Gasteiger partial charge in [-0.15, -0.1) is 0 Å². The smallest absolute Gasteiger partial charge is 0.227 e. The summed E-state index contributed by atoms with van der Waals surface area (Å²) in [5, 5.41) is 10.6. The highest BCUT2D eigenvalue weighted by Gasteiger charge is 2.16. The quantitative estimate of drug-likeness (QED) is 0.718. The number of hydrogen-bond acceptors (Lipinski definition) is 7. The van der Waals surface area contributed by atoms with Gasteiger partial charge in [-0.25, -0.2) is 4.98 Å². The minimum Gasteiger partial charge on any atom is -0.497 e. The average molecular weight is 365 g/mol. The zero-order valence-corrected chi connectivity index (χ0v) is 15.5. The summed E-state index contributed by atoms with van der Waals surface area (Å²) in [5.41, 5.74) is 1.96. The third-order valence-corrected chi connectivity index (χ3v) is 4.66. The molecule has 8 nitrogen and oxygen atoms in total. The van der Waals surface area contributed by atoms with E-state index in [2.05, 4.69) is 42.3 Å². The van der Waals surface area contributed by atoms with Crippen LogP contribution in [-0.2, 0) is 0 Å². The molecule has 0 aliphatic carbocycles. The summed E-state index contributed by atoms with van der Waals surface area (Å²) in [4.78, 5) is 13.6. The summed E-state index contributed by atoms with van der Waals surface area (Å²) >= 11 is 0. The molecule has 0 amide bonds. The Kier molecular flexibility index (Phi) is 4.88. The van der Waals surface area contributed by atoms with Crippen LogP contribution in [0.25, 0.3) is 11.3 Å². The van der Waals surface area contributed by atoms with Crippen LogP contribution in [0, 0.1) is 0 Å². The molecule has 3 aromatic rings. The zero-order chi connectivity index (χ0) is 18.6. The molecule has 2 aromatic heterocycles. The van der Waals surface area contributed by atoms with Gasteiger partial charge in [-0.05, 0) is 42.9 Å². The molecule has 0 radical (unpaired) electrons. The van der Waals surface area contributed by atoms with Gasteiger partial charge in [0.2, 0.25) is 5.95 Å². The van der Waals surface area contributed by atoms with Gasteiger partial charge in [0.1, 0.15) is 11.6 Å². The number of likely N-dealkylation sites (N-methyl/N-ethyl adjacent to an activating group) is 1. The topological polar surface area (TPSA) is 82.2 Å². The summed E-state index contributed by atoms with van der Waals surface area (Å²) < 4.78 is 5.20. The second-order valence-electron chi connectivity index (χ2n) is 6.55. The van der Waals surface area contributed by atoms with E-state index < -0.39 is 0 Å². The summed E-state index contributed by atoms with van der Waals surface area (Å²) in [7, 11) is 3.79. The molecule has 1 aliphatic heterocycles. The normalized spacial score (nSPS) is 15.0. The molecule has 1 saturated heterocycles. The third-order valence-electron chi connectivity index (χ3n) is 4.66. The number of hydrogen-bond donors (Lipinski definition) is 2. The number of piperazine rings is 1. The van der Waals surface area contributed by atoms with Crippen molar-refractivity contribution >= 4 is 17.6 Å². The number of anilines is 3. The Morgan fingerprint density at radius 3 is 2.56 bits per heavy atom. The van der Waals surface area contributed by atoms with Gasteiger partial charge >= 0.3 is 0 Å². The van der Waals surface area contributed by atoms with Crippen LogP contribution in [0.1, 0.15) is 0 Å². The molecule has 1 aromatic carbocycles. The molecule has 0 atom stereocenters. The van der Waals surface area contributed by atoms with Crippen molar-refractivity contribution in [1.82, 2.24) is 25.1 Å². The van der Waals surface area contributed by atoms with Gasteiger partial charge in [-0.2, -0.15) is 10.1 Å². The number of ether oxygens (including phenoxy) is 1. The Morgan fingerprint density at radius 2 is 1.81 bits per heavy atom. The van der Waals surface area contributed by atoms with Crippen molar-refractivity contribution in [1.29, 1.82) is 0 Å². The molecule has 1 fully saturated rings. The number of H-pyrrole nitrogens is 1. The predicted octanol–water partition coefficient (Wildman–Crippen LogP) is 2.37. The van der Waals surface area contributed by atoms with E-state index in [0.29, 0.717) is 5.82 Å². The summed E-state index contributed by atoms with van der Waals surface area (Å²) in [6.45, 7) is 3.91. The van der Waals surface area contributed by atoms with Crippen molar-refractivity contribution in [3.63, 3.8) is 0 Å². The standard InChI is InChI=1S/C19H23N7O/c1-25-9-11-26(12-10-25)19-20-8-7-17(22-19)21-18-13-16(23-24-18)14-3-5-15(27-2)6-4-14/h3-8,13H,9-12H2,1-2H3,(H2,20,21,22,23,24). The molecule has 140 valence electrons. The van der Waals surface area contributed by atoms with Gasteiger partial charge in [0.15, 0.2) is 5.82 Å². The second-order valence-corrected chi connectivity index (χ2v) is 6.55. The molecule has 0 saturated carbocycles. The van der Waals surface area contributed by atoms with Gasteiger partial charge in [-0.3, -0.25) is 5.10 Å². The van der Waals surface area contributed by atoms with Crippen molar-refractivity contribution in [2.75, 3.05) is 50.6 Å². The van der Waals surface area contributed by atoms with Crippen molar-refractivity contribution in [2.24, 2.45) is 0 Å². The van der Waals surface area contributed by atoms with Gasteiger partial charge in [0.05, 0.1) is 12.8 Å². The van der Waals surface area contributed by atoms with Crippen LogP contribution >= 0.6 is 0 Å². The Morgan fingerprint density at radius 1 is 1.04 bits per heavy atom. The Bertz CT molecular complexity index is 885. The maximum absolute atomic E-state index is 5.20. The largest absolute Gasteiger partial charge is 0.497 e. The minimum absolute atomic E-state index is 0.712. The molecule has 0 bridgehead atoms. The lowest BCUT2D eigenvalue weighted by Crippen LogP contribution is -2.45. The number of nitrogens with zero attached hydrogens (tertiary/aromatic N) is 5. The van der Waals surface area contributed by atoms with E-state index in [9.17, 15) is 0 Å². The lowest BCUT2D eigenvalue weighted by Gasteiger charge is -2.32. The highest BCUT2D eigenvalue weighted by molar-refractivity contribution is 5.65. The molecule has 27 heavy (non-hydrogen) atoms. The maximum atomic E-state index is 5.20. The van der Waals surface area contributed by atoms with Crippen LogP contribution in [0.5, 0.6) is 5.75 Å². The highest BCUT2D eigenvalue weighted by Crippen LogP contribution is 2.24. The van der Waals surface area contributed by atoms with Gasteiger partial charge < -0.3 is 19.9 Å². The van der Waals surface area contributed by atoms with Crippen LogP contribution in [-0.4, -0.2) is 65.4 Å². The molecule has 8 heteroatoms. The average Bonchev–Trinajstić information content (AvgIpc) is 3.17. The SMILES string of the molecule is COc1ccc(-c2cc(Nc3ccnc(N4CCN(C)CC4)n3)n[nH]2)cc1. The fraction of sp³-hybridized carbons (Fsp3) is 0.316. The third kappa shape index (κ3) is 4.01. The molecular weight excluding hydrogens is 342 g/mol. The fourth-order valence-electron chi connectivity index (χ4n) is 3.01. The van der Waals surface area contributed by atoms with E-state index in [1.165, 1.54) is 0 Å². The van der Waals surface area contributed by atoms with Crippen molar-refractivity contribution in [2.45, 2.75) is 0 Å². The van der Waals surface area contributed by atoms with E-state index in [1.807, 2.05) is 36.4 Å². The Hall–Kier alpha value is -3.13. The first kappa shape index (κ1) is 17.3. The number of aromatic amines is 1. The van der Waals surface area contributed by atoms with Crippen molar-refractivity contribution < 1.29 is 4.74 Å². The van der Waals surface area contributed by atoms with E-state index >= 15 is 0 Å². The Balaban J connectivity index is 1.46.